The highest BCUT2D eigenvalue weighted by Gasteiger charge is 2.22. The van der Waals surface area contributed by atoms with Gasteiger partial charge >= 0.3 is 0 Å². The number of nitriles is 1. The van der Waals surface area contributed by atoms with Crippen molar-refractivity contribution in [3.05, 3.63) is 0 Å². The molecule has 0 spiro atoms. The van der Waals surface area contributed by atoms with Crippen LogP contribution in [0.5, 0.6) is 0 Å². The Morgan fingerprint density at radius 2 is 1.73 bits per heavy atom. The molecule has 2 heteroatoms. The van der Waals surface area contributed by atoms with Crippen LogP contribution >= 0.6 is 0 Å². The van der Waals surface area contributed by atoms with Crippen molar-refractivity contribution in [1.82, 2.24) is 5.32 Å². The summed E-state index contributed by atoms with van der Waals surface area (Å²) >= 11 is 0. The molecular formula is C13H26N2. The molecule has 0 saturated heterocycles. The summed E-state index contributed by atoms with van der Waals surface area (Å²) in [6.07, 6.45) is 4.03. The Balaban J connectivity index is 3.97. The lowest BCUT2D eigenvalue weighted by molar-refractivity contribution is 0.256. The maximum absolute atomic E-state index is 8.57. The quantitative estimate of drug-likeness (QED) is 0.698. The Kier molecular flexibility index (Phi) is 5.90. The molecule has 0 aliphatic rings. The van der Waals surface area contributed by atoms with Gasteiger partial charge in [-0.25, -0.2) is 0 Å². The number of nitrogens with zero attached hydrogens (tertiary/aromatic N) is 1. The first-order valence-corrected chi connectivity index (χ1v) is 5.95. The Morgan fingerprint density at radius 3 is 2.20 bits per heavy atom. The van der Waals surface area contributed by atoms with Crippen LogP contribution in [0.1, 0.15) is 60.3 Å². The Labute approximate surface area is 95.1 Å². The average molecular weight is 210 g/mol. The van der Waals surface area contributed by atoms with E-state index in [2.05, 4.69) is 46.0 Å². The van der Waals surface area contributed by atoms with Crippen LogP contribution in [0.4, 0.5) is 0 Å². The van der Waals surface area contributed by atoms with Gasteiger partial charge in [0.1, 0.15) is 0 Å². The van der Waals surface area contributed by atoms with Gasteiger partial charge in [-0.1, -0.05) is 27.2 Å². The molecule has 0 fully saturated rings. The topological polar surface area (TPSA) is 35.8 Å². The summed E-state index contributed by atoms with van der Waals surface area (Å²) in [4.78, 5) is 0. The standard InChI is InChI=1S/C13H26N2/c1-6-8-13(4,5)15-11-12(2,3)9-7-10-14/h15H,6-9,11H2,1-5H3. The van der Waals surface area contributed by atoms with E-state index < -0.39 is 0 Å². The number of rotatable bonds is 7. The molecule has 0 aromatic heterocycles. The smallest absolute Gasteiger partial charge is 0.0621 e. The molecule has 0 aliphatic heterocycles. The van der Waals surface area contributed by atoms with E-state index in [9.17, 15) is 0 Å². The minimum absolute atomic E-state index is 0.221. The van der Waals surface area contributed by atoms with E-state index in [1.165, 1.54) is 12.8 Å². The van der Waals surface area contributed by atoms with Crippen LogP contribution in [-0.2, 0) is 0 Å². The molecule has 0 aromatic carbocycles. The van der Waals surface area contributed by atoms with E-state index >= 15 is 0 Å². The van der Waals surface area contributed by atoms with Crippen molar-refractivity contribution in [3.63, 3.8) is 0 Å². The van der Waals surface area contributed by atoms with Crippen molar-refractivity contribution in [2.75, 3.05) is 6.54 Å². The molecule has 0 heterocycles. The van der Waals surface area contributed by atoms with Crippen LogP contribution in [0.15, 0.2) is 0 Å². The van der Waals surface area contributed by atoms with Crippen molar-refractivity contribution in [1.29, 1.82) is 5.26 Å². The molecule has 0 aromatic rings. The molecule has 0 aliphatic carbocycles. The van der Waals surface area contributed by atoms with Crippen molar-refractivity contribution in [3.8, 4) is 6.07 Å². The zero-order valence-electron chi connectivity index (χ0n) is 11.0. The van der Waals surface area contributed by atoms with E-state index in [0.29, 0.717) is 6.42 Å². The molecule has 0 radical (unpaired) electrons. The molecule has 1 N–H and O–H groups in total. The number of hydrogen-bond acceptors (Lipinski definition) is 2. The van der Waals surface area contributed by atoms with Gasteiger partial charge in [-0.05, 0) is 32.1 Å². The fourth-order valence-corrected chi connectivity index (χ4v) is 1.67. The molecule has 0 bridgehead atoms. The van der Waals surface area contributed by atoms with Crippen molar-refractivity contribution < 1.29 is 0 Å². The summed E-state index contributed by atoms with van der Waals surface area (Å²) in [5.74, 6) is 0. The maximum atomic E-state index is 8.57. The second kappa shape index (κ2) is 6.12. The highest BCUT2D eigenvalue weighted by molar-refractivity contribution is 4.83. The van der Waals surface area contributed by atoms with Crippen LogP contribution in [0.25, 0.3) is 0 Å². The molecule has 0 unspecified atom stereocenters. The third-order valence-corrected chi connectivity index (χ3v) is 2.83. The molecule has 88 valence electrons. The first kappa shape index (κ1) is 14.5. The molecule has 15 heavy (non-hydrogen) atoms. The Bertz CT molecular complexity index is 211. The van der Waals surface area contributed by atoms with Crippen LogP contribution in [0.3, 0.4) is 0 Å². The van der Waals surface area contributed by atoms with Crippen LogP contribution in [0, 0.1) is 16.7 Å². The van der Waals surface area contributed by atoms with Crippen LogP contribution < -0.4 is 5.32 Å². The van der Waals surface area contributed by atoms with Gasteiger partial charge in [-0.2, -0.15) is 5.26 Å². The minimum atomic E-state index is 0.221. The SMILES string of the molecule is CCCC(C)(C)NCC(C)(C)CCC#N. The van der Waals surface area contributed by atoms with Crippen LogP contribution in [-0.4, -0.2) is 12.1 Å². The normalized spacial score (nSPS) is 12.5. The van der Waals surface area contributed by atoms with E-state index in [1.54, 1.807) is 0 Å². The van der Waals surface area contributed by atoms with E-state index in [1.807, 2.05) is 0 Å². The minimum Gasteiger partial charge on any atom is -0.311 e. The van der Waals surface area contributed by atoms with E-state index in [0.717, 1.165) is 13.0 Å². The summed E-state index contributed by atoms with van der Waals surface area (Å²) in [7, 11) is 0. The van der Waals surface area contributed by atoms with Crippen molar-refractivity contribution in [2.45, 2.75) is 65.8 Å². The van der Waals surface area contributed by atoms with Crippen LogP contribution in [0.2, 0.25) is 0 Å². The monoisotopic (exact) mass is 210 g/mol. The third kappa shape index (κ3) is 7.39. The fourth-order valence-electron chi connectivity index (χ4n) is 1.67. The zero-order chi connectivity index (χ0) is 11.9. The summed E-state index contributed by atoms with van der Waals surface area (Å²) in [5.41, 5.74) is 0.444. The van der Waals surface area contributed by atoms with Gasteiger partial charge in [-0.3, -0.25) is 0 Å². The molecule has 0 amide bonds. The first-order valence-electron chi connectivity index (χ1n) is 5.95. The zero-order valence-corrected chi connectivity index (χ0v) is 11.0. The largest absolute Gasteiger partial charge is 0.311 e. The summed E-state index contributed by atoms with van der Waals surface area (Å²) in [6, 6.07) is 2.22. The molecule has 0 saturated carbocycles. The lowest BCUT2D eigenvalue weighted by Gasteiger charge is -2.32. The summed E-state index contributed by atoms with van der Waals surface area (Å²) in [6.45, 7) is 12.1. The predicted octanol–water partition coefficient (Wildman–Crippen LogP) is 3.48. The predicted molar refractivity (Wildman–Crippen MR) is 65.6 cm³/mol. The molecular weight excluding hydrogens is 184 g/mol. The van der Waals surface area contributed by atoms with Gasteiger partial charge in [0, 0.05) is 18.5 Å². The van der Waals surface area contributed by atoms with Gasteiger partial charge in [-0.15, -0.1) is 0 Å². The maximum Gasteiger partial charge on any atom is 0.0621 e. The lowest BCUT2D eigenvalue weighted by atomic mass is 9.86. The van der Waals surface area contributed by atoms with Crippen molar-refractivity contribution in [2.24, 2.45) is 5.41 Å². The van der Waals surface area contributed by atoms with Gasteiger partial charge in [0.15, 0.2) is 0 Å². The van der Waals surface area contributed by atoms with Gasteiger partial charge < -0.3 is 5.32 Å². The van der Waals surface area contributed by atoms with Gasteiger partial charge in [0.2, 0.25) is 0 Å². The highest BCUT2D eigenvalue weighted by Crippen LogP contribution is 2.22. The number of hydrogen-bond donors (Lipinski definition) is 1. The summed E-state index contributed by atoms with van der Waals surface area (Å²) in [5, 5.41) is 12.2. The Hall–Kier alpha value is -0.550. The fraction of sp³-hybridized carbons (Fsp3) is 0.923. The second-order valence-corrected chi connectivity index (χ2v) is 5.81. The average Bonchev–Trinajstić information content (AvgIpc) is 2.12. The third-order valence-electron chi connectivity index (χ3n) is 2.83. The number of nitrogens with one attached hydrogen (secondary N) is 1. The molecule has 0 atom stereocenters. The highest BCUT2D eigenvalue weighted by atomic mass is 15.0. The molecule has 2 nitrogen and oxygen atoms in total. The van der Waals surface area contributed by atoms with Crippen molar-refractivity contribution >= 4 is 0 Å². The second-order valence-electron chi connectivity index (χ2n) is 5.81. The summed E-state index contributed by atoms with van der Waals surface area (Å²) < 4.78 is 0. The van der Waals surface area contributed by atoms with Gasteiger partial charge in [0.05, 0.1) is 6.07 Å². The lowest BCUT2D eigenvalue weighted by Crippen LogP contribution is -2.44. The van der Waals surface area contributed by atoms with E-state index in [4.69, 9.17) is 5.26 Å². The van der Waals surface area contributed by atoms with Gasteiger partial charge in [0.25, 0.3) is 0 Å². The Morgan fingerprint density at radius 1 is 1.13 bits per heavy atom. The first-order chi connectivity index (χ1) is 6.83. The van der Waals surface area contributed by atoms with E-state index in [-0.39, 0.29) is 11.0 Å². The molecule has 0 rings (SSSR count).